The van der Waals surface area contributed by atoms with Gasteiger partial charge in [-0.05, 0) is 60.8 Å². The minimum absolute atomic E-state index is 0.261. The van der Waals surface area contributed by atoms with Crippen molar-refractivity contribution in [1.29, 1.82) is 0 Å². The van der Waals surface area contributed by atoms with E-state index >= 15 is 0 Å². The van der Waals surface area contributed by atoms with Crippen molar-refractivity contribution in [3.63, 3.8) is 0 Å². The lowest BCUT2D eigenvalue weighted by Crippen LogP contribution is -2.26. The molecule has 4 rings (SSSR count). The highest BCUT2D eigenvalue weighted by Gasteiger charge is 2.27. The SMILES string of the molecule is C=CCn1c(-c2ccc(F)cc2)nn(CN2CCC[C@@H]2c2cccs2)c1=S. The molecule has 3 heterocycles. The monoisotopic (exact) mass is 400 g/mol. The van der Waals surface area contributed by atoms with Crippen LogP contribution in [0.3, 0.4) is 0 Å². The van der Waals surface area contributed by atoms with Crippen molar-refractivity contribution in [3.8, 4) is 11.4 Å². The maximum absolute atomic E-state index is 13.3. The van der Waals surface area contributed by atoms with E-state index in [2.05, 4.69) is 29.0 Å². The van der Waals surface area contributed by atoms with Crippen LogP contribution in [0.1, 0.15) is 23.8 Å². The standard InChI is InChI=1S/C20H21FN4S2/c1-2-11-24-19(15-7-9-16(21)10-8-15)22-25(20(24)26)14-23-12-3-5-17(23)18-6-4-13-27-18/h2,4,6-10,13,17H,1,3,5,11-12,14H2/t17-/m1/s1. The van der Waals surface area contributed by atoms with E-state index in [1.807, 2.05) is 9.25 Å². The Morgan fingerprint density at radius 3 is 2.81 bits per heavy atom. The summed E-state index contributed by atoms with van der Waals surface area (Å²) in [5.41, 5.74) is 0.847. The molecule has 0 amide bonds. The Morgan fingerprint density at radius 2 is 2.11 bits per heavy atom. The number of benzene rings is 1. The van der Waals surface area contributed by atoms with Crippen molar-refractivity contribution >= 4 is 23.6 Å². The van der Waals surface area contributed by atoms with Gasteiger partial charge in [0.25, 0.3) is 0 Å². The molecule has 1 atom stereocenters. The summed E-state index contributed by atoms with van der Waals surface area (Å²) in [5, 5.41) is 6.90. The quantitative estimate of drug-likeness (QED) is 0.417. The van der Waals surface area contributed by atoms with Crippen LogP contribution in [0.25, 0.3) is 11.4 Å². The normalized spacial score (nSPS) is 17.4. The third-order valence-electron chi connectivity index (χ3n) is 4.89. The zero-order chi connectivity index (χ0) is 18.8. The number of halogens is 1. The van der Waals surface area contributed by atoms with Gasteiger partial charge in [-0.3, -0.25) is 9.47 Å². The Bertz CT molecular complexity index is 973. The van der Waals surface area contributed by atoms with E-state index < -0.39 is 0 Å². The van der Waals surface area contributed by atoms with Gasteiger partial charge in [-0.1, -0.05) is 12.1 Å². The van der Waals surface area contributed by atoms with Crippen LogP contribution in [-0.4, -0.2) is 25.8 Å². The minimum atomic E-state index is -0.261. The predicted octanol–water partition coefficient (Wildman–Crippen LogP) is 5.26. The molecule has 3 aromatic rings. The van der Waals surface area contributed by atoms with Crippen LogP contribution in [0.5, 0.6) is 0 Å². The van der Waals surface area contributed by atoms with Crippen LogP contribution in [-0.2, 0) is 13.2 Å². The first-order valence-corrected chi connectivity index (χ1v) is 10.3. The summed E-state index contributed by atoms with van der Waals surface area (Å²) < 4.78 is 17.8. The number of nitrogens with zero attached hydrogens (tertiary/aromatic N) is 4. The molecule has 0 N–H and O–H groups in total. The zero-order valence-corrected chi connectivity index (χ0v) is 16.6. The molecule has 0 spiro atoms. The Kier molecular flexibility index (Phi) is 5.33. The number of likely N-dealkylation sites (tertiary alicyclic amines) is 1. The highest BCUT2D eigenvalue weighted by atomic mass is 32.1. The van der Waals surface area contributed by atoms with Crippen LogP contribution in [0.2, 0.25) is 0 Å². The Morgan fingerprint density at radius 1 is 1.30 bits per heavy atom. The fourth-order valence-electron chi connectivity index (χ4n) is 3.61. The maximum atomic E-state index is 13.3. The molecule has 1 aromatic carbocycles. The molecule has 27 heavy (non-hydrogen) atoms. The predicted molar refractivity (Wildman–Crippen MR) is 110 cm³/mol. The van der Waals surface area contributed by atoms with Gasteiger partial charge in [-0.15, -0.1) is 17.9 Å². The van der Waals surface area contributed by atoms with Crippen molar-refractivity contribution in [3.05, 3.63) is 69.9 Å². The van der Waals surface area contributed by atoms with Gasteiger partial charge in [0.15, 0.2) is 10.6 Å². The molecule has 4 nitrogen and oxygen atoms in total. The van der Waals surface area contributed by atoms with E-state index in [9.17, 15) is 4.39 Å². The van der Waals surface area contributed by atoms with Gasteiger partial charge in [0, 0.05) is 29.6 Å². The van der Waals surface area contributed by atoms with Gasteiger partial charge in [-0.2, -0.15) is 5.10 Å². The number of thiophene rings is 1. The van der Waals surface area contributed by atoms with Crippen molar-refractivity contribution in [2.24, 2.45) is 0 Å². The van der Waals surface area contributed by atoms with Gasteiger partial charge >= 0.3 is 0 Å². The molecule has 1 saturated heterocycles. The van der Waals surface area contributed by atoms with Gasteiger partial charge < -0.3 is 0 Å². The first kappa shape index (κ1) is 18.3. The summed E-state index contributed by atoms with van der Waals surface area (Å²) in [6, 6.07) is 11.1. The first-order chi connectivity index (χ1) is 13.2. The van der Waals surface area contributed by atoms with E-state index in [0.717, 1.165) is 24.4 Å². The van der Waals surface area contributed by atoms with E-state index in [-0.39, 0.29) is 5.82 Å². The molecule has 1 aliphatic rings. The first-order valence-electron chi connectivity index (χ1n) is 8.99. The van der Waals surface area contributed by atoms with Crippen LogP contribution < -0.4 is 0 Å². The summed E-state index contributed by atoms with van der Waals surface area (Å²) in [6.07, 6.45) is 4.14. The Hall–Kier alpha value is -2.09. The summed E-state index contributed by atoms with van der Waals surface area (Å²) in [5.74, 6) is 0.481. The van der Waals surface area contributed by atoms with E-state index in [1.165, 1.54) is 23.4 Å². The second kappa shape index (κ2) is 7.88. The molecular weight excluding hydrogens is 379 g/mol. The zero-order valence-electron chi connectivity index (χ0n) is 14.9. The topological polar surface area (TPSA) is 26.0 Å². The molecule has 7 heteroatoms. The van der Waals surface area contributed by atoms with Gasteiger partial charge in [0.2, 0.25) is 0 Å². The van der Waals surface area contributed by atoms with Crippen molar-refractivity contribution in [1.82, 2.24) is 19.2 Å². The van der Waals surface area contributed by atoms with Crippen LogP contribution in [0.15, 0.2) is 54.4 Å². The third kappa shape index (κ3) is 3.67. The molecule has 0 radical (unpaired) electrons. The lowest BCUT2D eigenvalue weighted by atomic mass is 10.2. The minimum Gasteiger partial charge on any atom is -0.296 e. The molecule has 0 saturated carbocycles. The van der Waals surface area contributed by atoms with E-state index in [1.54, 1.807) is 29.5 Å². The smallest absolute Gasteiger partial charge is 0.199 e. The second-order valence-corrected chi connectivity index (χ2v) is 7.98. The number of hydrogen-bond acceptors (Lipinski definition) is 4. The number of aromatic nitrogens is 3. The highest BCUT2D eigenvalue weighted by Crippen LogP contribution is 2.34. The molecule has 140 valence electrons. The van der Waals surface area contributed by atoms with Crippen molar-refractivity contribution in [2.75, 3.05) is 6.54 Å². The average Bonchev–Trinajstić information content (AvgIpc) is 3.40. The summed E-state index contributed by atoms with van der Waals surface area (Å²) in [6.45, 7) is 6.09. The fourth-order valence-corrected chi connectivity index (χ4v) is 4.76. The van der Waals surface area contributed by atoms with Crippen molar-refractivity contribution in [2.45, 2.75) is 32.1 Å². The molecule has 0 unspecified atom stereocenters. The van der Waals surface area contributed by atoms with Gasteiger partial charge in [0.1, 0.15) is 5.82 Å². The number of allylic oxidation sites excluding steroid dienone is 1. The summed E-state index contributed by atoms with van der Waals surface area (Å²) in [4.78, 5) is 3.82. The molecule has 2 aromatic heterocycles. The van der Waals surface area contributed by atoms with Crippen LogP contribution in [0.4, 0.5) is 4.39 Å². The average molecular weight is 401 g/mol. The highest BCUT2D eigenvalue weighted by molar-refractivity contribution is 7.71. The molecule has 1 fully saturated rings. The molecular formula is C20H21FN4S2. The largest absolute Gasteiger partial charge is 0.296 e. The Labute approximate surface area is 167 Å². The summed E-state index contributed by atoms with van der Waals surface area (Å²) in [7, 11) is 0. The number of hydrogen-bond donors (Lipinski definition) is 0. The van der Waals surface area contributed by atoms with Crippen molar-refractivity contribution < 1.29 is 4.39 Å². The second-order valence-electron chi connectivity index (χ2n) is 6.64. The van der Waals surface area contributed by atoms with E-state index in [4.69, 9.17) is 17.3 Å². The lowest BCUT2D eigenvalue weighted by molar-refractivity contribution is 0.192. The molecule has 1 aliphatic heterocycles. The van der Waals surface area contributed by atoms with Crippen LogP contribution in [0, 0.1) is 10.6 Å². The fraction of sp³-hybridized carbons (Fsp3) is 0.300. The van der Waals surface area contributed by atoms with Crippen LogP contribution >= 0.6 is 23.6 Å². The molecule has 0 aliphatic carbocycles. The van der Waals surface area contributed by atoms with Gasteiger partial charge in [0.05, 0.1) is 6.67 Å². The molecule has 0 bridgehead atoms. The summed E-state index contributed by atoms with van der Waals surface area (Å²) >= 11 is 7.50. The number of rotatable bonds is 6. The third-order valence-corrected chi connectivity index (χ3v) is 6.29. The van der Waals surface area contributed by atoms with E-state index in [0.29, 0.717) is 24.0 Å². The lowest BCUT2D eigenvalue weighted by Gasteiger charge is -2.23. The van der Waals surface area contributed by atoms with Gasteiger partial charge in [-0.25, -0.2) is 9.07 Å². The Balaban J connectivity index is 1.67. The maximum Gasteiger partial charge on any atom is 0.199 e.